The lowest BCUT2D eigenvalue weighted by Crippen LogP contribution is -2.31. The van der Waals surface area contributed by atoms with Crippen LogP contribution in [0, 0.1) is 0 Å². The lowest BCUT2D eigenvalue weighted by Gasteiger charge is -2.08. The zero-order chi connectivity index (χ0) is 13.6. The average molecular weight is 327 g/mol. The summed E-state index contributed by atoms with van der Waals surface area (Å²) in [6.45, 7) is -0.381. The van der Waals surface area contributed by atoms with Crippen molar-refractivity contribution in [1.82, 2.24) is 4.90 Å². The Labute approximate surface area is 121 Å². The van der Waals surface area contributed by atoms with Crippen molar-refractivity contribution in [1.29, 1.82) is 0 Å². The second-order valence-corrected chi connectivity index (χ2v) is 4.91. The summed E-state index contributed by atoms with van der Waals surface area (Å²) in [4.78, 5) is 35.0. The Bertz CT molecular complexity index is 553. The monoisotopic (exact) mass is 325 g/mol. The highest BCUT2D eigenvalue weighted by atomic mass is 35.5. The van der Waals surface area contributed by atoms with Crippen LogP contribution in [0.25, 0.3) is 0 Å². The topological polar surface area (TPSA) is 54.5 Å². The Morgan fingerprint density at radius 2 is 1.22 bits per heavy atom. The maximum atomic E-state index is 11.9. The van der Waals surface area contributed by atoms with E-state index in [1.807, 2.05) is 0 Å². The molecule has 94 valence electrons. The Hall–Kier alpha value is -0.810. The number of amides is 2. The summed E-state index contributed by atoms with van der Waals surface area (Å²) in [6.07, 6.45) is 0.423. The molecule has 1 aliphatic heterocycles. The predicted molar refractivity (Wildman–Crippen MR) is 67.9 cm³/mol. The van der Waals surface area contributed by atoms with E-state index in [-0.39, 0.29) is 37.8 Å². The average Bonchev–Trinajstić information content (AvgIpc) is 2.59. The highest BCUT2D eigenvalue weighted by Crippen LogP contribution is 2.44. The van der Waals surface area contributed by atoms with Crippen molar-refractivity contribution in [2.45, 2.75) is 0 Å². The Kier molecular flexibility index (Phi) is 3.56. The zero-order valence-electron chi connectivity index (χ0n) is 8.47. The molecule has 8 heteroatoms. The first-order valence-corrected chi connectivity index (χ1v) is 6.08. The SMILES string of the molecule is O=CCN1C(=O)c2c(Cl)c(Cl)c(Cl)c(Cl)c2C1=O. The van der Waals surface area contributed by atoms with Gasteiger partial charge in [0.15, 0.2) is 0 Å². The first kappa shape index (κ1) is 13.6. The first-order chi connectivity index (χ1) is 8.41. The van der Waals surface area contributed by atoms with E-state index < -0.39 is 11.8 Å². The van der Waals surface area contributed by atoms with Crippen LogP contribution >= 0.6 is 46.4 Å². The van der Waals surface area contributed by atoms with Crippen molar-refractivity contribution < 1.29 is 14.4 Å². The van der Waals surface area contributed by atoms with Gasteiger partial charge >= 0.3 is 0 Å². The van der Waals surface area contributed by atoms with E-state index in [0.29, 0.717) is 6.29 Å². The molecule has 0 radical (unpaired) electrons. The fourth-order valence-electron chi connectivity index (χ4n) is 1.64. The number of carbonyl (C=O) groups excluding carboxylic acids is 3. The molecule has 0 bridgehead atoms. The Balaban J connectivity index is 2.76. The summed E-state index contributed by atoms with van der Waals surface area (Å²) >= 11 is 23.4. The minimum absolute atomic E-state index is 0.101. The van der Waals surface area contributed by atoms with Crippen LogP contribution in [0.15, 0.2) is 0 Å². The van der Waals surface area contributed by atoms with E-state index in [9.17, 15) is 14.4 Å². The Morgan fingerprint density at radius 3 is 1.56 bits per heavy atom. The molecule has 0 N–H and O–H groups in total. The largest absolute Gasteiger partial charge is 0.301 e. The van der Waals surface area contributed by atoms with Gasteiger partial charge in [-0.15, -0.1) is 0 Å². The van der Waals surface area contributed by atoms with E-state index in [1.54, 1.807) is 0 Å². The third-order valence-electron chi connectivity index (χ3n) is 2.44. The van der Waals surface area contributed by atoms with E-state index in [1.165, 1.54) is 0 Å². The van der Waals surface area contributed by atoms with Gasteiger partial charge in [-0.05, 0) is 0 Å². The predicted octanol–water partition coefficient (Wildman–Crippen LogP) is 3.10. The molecule has 0 aromatic heterocycles. The van der Waals surface area contributed by atoms with Crippen molar-refractivity contribution in [3.05, 3.63) is 31.2 Å². The van der Waals surface area contributed by atoms with E-state index in [0.717, 1.165) is 4.90 Å². The maximum absolute atomic E-state index is 11.9. The fourth-order valence-corrected chi connectivity index (χ4v) is 2.65. The molecule has 0 unspecified atom stereocenters. The summed E-state index contributed by atoms with van der Waals surface area (Å²) < 4.78 is 0. The number of carbonyl (C=O) groups is 3. The van der Waals surface area contributed by atoms with Crippen LogP contribution in [0.1, 0.15) is 20.7 Å². The molecular formula is C10H3Cl4NO3. The van der Waals surface area contributed by atoms with Gasteiger partial charge in [-0.3, -0.25) is 14.5 Å². The minimum atomic E-state index is -0.715. The molecule has 0 spiro atoms. The van der Waals surface area contributed by atoms with Crippen LogP contribution in [0.4, 0.5) is 0 Å². The molecular weight excluding hydrogens is 324 g/mol. The van der Waals surface area contributed by atoms with E-state index >= 15 is 0 Å². The molecule has 0 atom stereocenters. The fraction of sp³-hybridized carbons (Fsp3) is 0.100. The molecule has 1 aliphatic rings. The van der Waals surface area contributed by atoms with Gasteiger partial charge in [0.2, 0.25) is 0 Å². The number of imide groups is 1. The third-order valence-corrected chi connectivity index (χ3v) is 4.24. The number of rotatable bonds is 2. The normalized spacial score (nSPS) is 14.1. The van der Waals surface area contributed by atoms with Crippen LogP contribution in [0.2, 0.25) is 20.1 Å². The van der Waals surface area contributed by atoms with Crippen molar-refractivity contribution in [2.24, 2.45) is 0 Å². The molecule has 2 amide bonds. The summed E-state index contributed by atoms with van der Waals surface area (Å²) in [5, 5.41) is -0.493. The minimum Gasteiger partial charge on any atom is -0.301 e. The van der Waals surface area contributed by atoms with Crippen molar-refractivity contribution in [3.63, 3.8) is 0 Å². The van der Waals surface area contributed by atoms with Crippen molar-refractivity contribution in [3.8, 4) is 0 Å². The van der Waals surface area contributed by atoms with Crippen LogP contribution in [-0.4, -0.2) is 29.5 Å². The van der Waals surface area contributed by atoms with Gasteiger partial charge in [0, 0.05) is 0 Å². The van der Waals surface area contributed by atoms with Gasteiger partial charge in [0.1, 0.15) is 6.29 Å². The van der Waals surface area contributed by atoms with E-state index in [4.69, 9.17) is 46.4 Å². The molecule has 4 nitrogen and oxygen atoms in total. The molecule has 1 heterocycles. The second kappa shape index (κ2) is 4.70. The highest BCUT2D eigenvalue weighted by molar-refractivity contribution is 6.55. The summed E-state index contributed by atoms with van der Waals surface area (Å²) in [7, 11) is 0. The molecule has 1 aromatic rings. The quantitative estimate of drug-likeness (QED) is 0.363. The molecule has 0 aliphatic carbocycles. The second-order valence-electron chi connectivity index (χ2n) is 3.39. The number of hydrogen-bond acceptors (Lipinski definition) is 3. The molecule has 18 heavy (non-hydrogen) atoms. The number of hydrogen-bond donors (Lipinski definition) is 0. The van der Waals surface area contributed by atoms with Gasteiger partial charge in [-0.25, -0.2) is 0 Å². The van der Waals surface area contributed by atoms with Gasteiger partial charge in [0.05, 0.1) is 37.8 Å². The zero-order valence-corrected chi connectivity index (χ0v) is 11.5. The van der Waals surface area contributed by atoms with Crippen LogP contribution < -0.4 is 0 Å². The number of aldehydes is 1. The van der Waals surface area contributed by atoms with Gasteiger partial charge in [-0.1, -0.05) is 46.4 Å². The third kappa shape index (κ3) is 1.72. The van der Waals surface area contributed by atoms with Crippen LogP contribution in [0.5, 0.6) is 0 Å². The van der Waals surface area contributed by atoms with Gasteiger partial charge in [0.25, 0.3) is 11.8 Å². The summed E-state index contributed by atoms with van der Waals surface area (Å²) in [5.41, 5.74) is -0.245. The summed E-state index contributed by atoms with van der Waals surface area (Å²) in [6, 6.07) is 0. The van der Waals surface area contributed by atoms with E-state index in [2.05, 4.69) is 0 Å². The number of halogens is 4. The maximum Gasteiger partial charge on any atom is 0.263 e. The number of nitrogens with zero attached hydrogens (tertiary/aromatic N) is 1. The standard InChI is InChI=1S/C10H3Cl4NO3/c11-5-3-4(6(12)8(14)7(5)13)10(18)15(1-2-16)9(3)17/h2H,1H2. The molecule has 1 aromatic carbocycles. The van der Waals surface area contributed by atoms with Crippen molar-refractivity contribution in [2.75, 3.05) is 6.54 Å². The lowest BCUT2D eigenvalue weighted by molar-refractivity contribution is -0.108. The lowest BCUT2D eigenvalue weighted by atomic mass is 10.1. The molecule has 2 rings (SSSR count). The number of benzene rings is 1. The summed E-state index contributed by atoms with van der Waals surface area (Å²) in [5.74, 6) is -1.43. The highest BCUT2D eigenvalue weighted by Gasteiger charge is 2.41. The molecule has 0 saturated carbocycles. The molecule has 0 saturated heterocycles. The van der Waals surface area contributed by atoms with Gasteiger partial charge < -0.3 is 4.79 Å². The first-order valence-electron chi connectivity index (χ1n) is 4.57. The number of fused-ring (bicyclic) bond motifs is 1. The van der Waals surface area contributed by atoms with Crippen LogP contribution in [0.3, 0.4) is 0 Å². The van der Waals surface area contributed by atoms with Crippen LogP contribution in [-0.2, 0) is 4.79 Å². The Morgan fingerprint density at radius 1 is 0.833 bits per heavy atom. The molecule has 0 fully saturated rings. The smallest absolute Gasteiger partial charge is 0.263 e. The van der Waals surface area contributed by atoms with Crippen molar-refractivity contribution >= 4 is 64.5 Å². The van der Waals surface area contributed by atoms with Gasteiger partial charge in [-0.2, -0.15) is 0 Å².